The summed E-state index contributed by atoms with van der Waals surface area (Å²) in [6.07, 6.45) is 0. The molecule has 8 nitrogen and oxygen atoms in total. The van der Waals surface area contributed by atoms with Gasteiger partial charge < -0.3 is 18.9 Å². The SMILES string of the molecule is CC(C)(C(=O)OCOC(=O)Cl)C(=O)OCOC(=O)Cl. The van der Waals surface area contributed by atoms with Gasteiger partial charge >= 0.3 is 22.8 Å². The second kappa shape index (κ2) is 7.80. The van der Waals surface area contributed by atoms with Crippen molar-refractivity contribution in [3.63, 3.8) is 0 Å². The number of halogens is 2. The van der Waals surface area contributed by atoms with Gasteiger partial charge in [-0.2, -0.15) is 0 Å². The largest absolute Gasteiger partial charge is 0.427 e. The average molecular weight is 317 g/mol. The van der Waals surface area contributed by atoms with Crippen LogP contribution in [-0.2, 0) is 28.5 Å². The van der Waals surface area contributed by atoms with E-state index in [-0.39, 0.29) is 0 Å². The fourth-order valence-corrected chi connectivity index (χ4v) is 0.792. The predicted octanol–water partition coefficient (Wildman–Crippen LogP) is 1.76. The fraction of sp³-hybridized carbons (Fsp3) is 0.556. The molecule has 0 amide bonds. The molecule has 0 atom stereocenters. The zero-order chi connectivity index (χ0) is 15.1. The van der Waals surface area contributed by atoms with Crippen LogP contribution >= 0.6 is 23.2 Å². The molecule has 0 aliphatic heterocycles. The molecular weight excluding hydrogens is 307 g/mol. The van der Waals surface area contributed by atoms with Crippen LogP contribution < -0.4 is 0 Å². The van der Waals surface area contributed by atoms with Crippen LogP contribution in [0.4, 0.5) is 9.59 Å². The van der Waals surface area contributed by atoms with Crippen molar-refractivity contribution >= 4 is 46.0 Å². The summed E-state index contributed by atoms with van der Waals surface area (Å²) >= 11 is 9.66. The highest BCUT2D eigenvalue weighted by Crippen LogP contribution is 2.19. The van der Waals surface area contributed by atoms with Crippen molar-refractivity contribution in [1.29, 1.82) is 0 Å². The van der Waals surface area contributed by atoms with E-state index in [1.807, 2.05) is 0 Å². The standard InChI is InChI=1S/C9H10Cl2O8/c1-9(2,5(12)16-3-18-7(10)14)6(13)17-4-19-8(11)15/h3-4H2,1-2H3. The first-order chi connectivity index (χ1) is 8.67. The van der Waals surface area contributed by atoms with Crippen molar-refractivity contribution in [3.8, 4) is 0 Å². The minimum Gasteiger partial charge on any atom is -0.427 e. The second-order valence-electron chi connectivity index (χ2n) is 3.49. The third-order valence-electron chi connectivity index (χ3n) is 1.75. The van der Waals surface area contributed by atoms with E-state index in [9.17, 15) is 19.2 Å². The molecule has 0 heterocycles. The Hall–Kier alpha value is -1.54. The Morgan fingerprint density at radius 3 is 1.37 bits per heavy atom. The van der Waals surface area contributed by atoms with Gasteiger partial charge in [-0.25, -0.2) is 9.59 Å². The van der Waals surface area contributed by atoms with Crippen molar-refractivity contribution in [1.82, 2.24) is 0 Å². The molecule has 0 spiro atoms. The number of hydrogen-bond donors (Lipinski definition) is 0. The maximum absolute atomic E-state index is 11.5. The molecule has 0 aliphatic carbocycles. The van der Waals surface area contributed by atoms with Crippen LogP contribution in [0, 0.1) is 5.41 Å². The number of hydrogen-bond acceptors (Lipinski definition) is 8. The highest BCUT2D eigenvalue weighted by Gasteiger charge is 2.40. The van der Waals surface area contributed by atoms with Crippen LogP contribution in [0.25, 0.3) is 0 Å². The zero-order valence-electron chi connectivity index (χ0n) is 9.94. The van der Waals surface area contributed by atoms with Crippen molar-refractivity contribution in [2.24, 2.45) is 5.41 Å². The summed E-state index contributed by atoms with van der Waals surface area (Å²) in [6, 6.07) is 0. The molecule has 0 bridgehead atoms. The van der Waals surface area contributed by atoms with Crippen LogP contribution in [0.2, 0.25) is 0 Å². The molecule has 0 saturated heterocycles. The molecule has 0 saturated carbocycles. The van der Waals surface area contributed by atoms with Crippen LogP contribution in [0.15, 0.2) is 0 Å². The van der Waals surface area contributed by atoms with E-state index in [1.54, 1.807) is 0 Å². The molecular formula is C9H10Cl2O8. The first-order valence-electron chi connectivity index (χ1n) is 4.67. The Balaban J connectivity index is 4.25. The van der Waals surface area contributed by atoms with E-state index in [2.05, 4.69) is 18.9 Å². The molecule has 0 N–H and O–H groups in total. The molecule has 0 unspecified atom stereocenters. The highest BCUT2D eigenvalue weighted by atomic mass is 35.5. The lowest BCUT2D eigenvalue weighted by Gasteiger charge is -2.19. The Bertz CT molecular complexity index is 344. The van der Waals surface area contributed by atoms with Gasteiger partial charge in [-0.05, 0) is 13.8 Å². The summed E-state index contributed by atoms with van der Waals surface area (Å²) in [4.78, 5) is 43.4. The maximum Gasteiger partial charge on any atom is 0.406 e. The Kier molecular flexibility index (Phi) is 7.17. The van der Waals surface area contributed by atoms with E-state index in [0.29, 0.717) is 0 Å². The molecule has 0 fully saturated rings. The van der Waals surface area contributed by atoms with Gasteiger partial charge in [0.1, 0.15) is 0 Å². The van der Waals surface area contributed by atoms with Gasteiger partial charge in [0.2, 0.25) is 13.6 Å². The van der Waals surface area contributed by atoms with Crippen molar-refractivity contribution in [3.05, 3.63) is 0 Å². The summed E-state index contributed by atoms with van der Waals surface area (Å²) in [6.45, 7) is 0.911. The Labute approximate surface area is 117 Å². The third kappa shape index (κ3) is 6.82. The molecule has 0 rings (SSSR count). The lowest BCUT2D eigenvalue weighted by Crippen LogP contribution is -2.37. The smallest absolute Gasteiger partial charge is 0.406 e. The molecule has 0 aliphatic rings. The number of rotatable bonds is 6. The van der Waals surface area contributed by atoms with Gasteiger partial charge in [0, 0.05) is 23.2 Å². The van der Waals surface area contributed by atoms with Gasteiger partial charge in [-0.15, -0.1) is 0 Å². The summed E-state index contributed by atoms with van der Waals surface area (Å²) < 4.78 is 17.2. The predicted molar refractivity (Wildman–Crippen MR) is 60.4 cm³/mol. The first kappa shape index (κ1) is 17.5. The zero-order valence-corrected chi connectivity index (χ0v) is 11.4. The van der Waals surface area contributed by atoms with Gasteiger partial charge in [0.25, 0.3) is 0 Å². The normalized spacial score (nSPS) is 10.3. The number of ether oxygens (including phenoxy) is 4. The molecule has 10 heteroatoms. The van der Waals surface area contributed by atoms with E-state index in [4.69, 9.17) is 23.2 Å². The molecule has 108 valence electrons. The van der Waals surface area contributed by atoms with Crippen molar-refractivity contribution in [2.75, 3.05) is 13.6 Å². The summed E-state index contributed by atoms with van der Waals surface area (Å²) in [5.41, 5.74) is -4.03. The topological polar surface area (TPSA) is 105 Å². The van der Waals surface area contributed by atoms with Crippen LogP contribution in [0.3, 0.4) is 0 Å². The van der Waals surface area contributed by atoms with Crippen LogP contribution in [0.1, 0.15) is 13.8 Å². The van der Waals surface area contributed by atoms with Crippen LogP contribution in [0.5, 0.6) is 0 Å². The summed E-state index contributed by atoms with van der Waals surface area (Å²) in [5.74, 6) is -2.04. The van der Waals surface area contributed by atoms with Gasteiger partial charge in [-0.3, -0.25) is 9.59 Å². The average Bonchev–Trinajstić information content (AvgIpc) is 2.27. The first-order valence-corrected chi connectivity index (χ1v) is 5.42. The minimum absolute atomic E-state index is 0.742. The molecule has 0 aromatic carbocycles. The molecule has 19 heavy (non-hydrogen) atoms. The highest BCUT2D eigenvalue weighted by molar-refractivity contribution is 6.61. The van der Waals surface area contributed by atoms with E-state index in [0.717, 1.165) is 0 Å². The number of esters is 2. The fourth-order valence-electron chi connectivity index (χ4n) is 0.703. The van der Waals surface area contributed by atoms with Gasteiger partial charge in [-0.1, -0.05) is 0 Å². The minimum atomic E-state index is -1.70. The summed E-state index contributed by atoms with van der Waals surface area (Å²) in [5, 5.41) is 0. The van der Waals surface area contributed by atoms with Gasteiger partial charge in [0.05, 0.1) is 0 Å². The third-order valence-corrected chi connectivity index (χ3v) is 1.96. The maximum atomic E-state index is 11.5. The van der Waals surface area contributed by atoms with E-state index >= 15 is 0 Å². The molecule has 0 aromatic heterocycles. The van der Waals surface area contributed by atoms with E-state index < -0.39 is 41.8 Å². The van der Waals surface area contributed by atoms with Crippen LogP contribution in [-0.4, -0.2) is 36.4 Å². The lowest BCUT2D eigenvalue weighted by molar-refractivity contribution is -0.178. The number of carbonyl (C=O) groups is 4. The second-order valence-corrected chi connectivity index (χ2v) is 4.11. The monoisotopic (exact) mass is 316 g/mol. The Morgan fingerprint density at radius 1 is 0.789 bits per heavy atom. The Morgan fingerprint density at radius 2 is 1.11 bits per heavy atom. The lowest BCUT2D eigenvalue weighted by atomic mass is 9.94. The van der Waals surface area contributed by atoms with E-state index in [1.165, 1.54) is 13.8 Å². The number of carbonyl (C=O) groups excluding carboxylic acids is 4. The van der Waals surface area contributed by atoms with Gasteiger partial charge in [0.15, 0.2) is 5.41 Å². The quantitative estimate of drug-likeness (QED) is 0.316. The van der Waals surface area contributed by atoms with Crippen molar-refractivity contribution < 1.29 is 38.1 Å². The van der Waals surface area contributed by atoms with Crippen molar-refractivity contribution in [2.45, 2.75) is 13.8 Å². The molecule has 0 radical (unpaired) electrons. The molecule has 0 aromatic rings. The summed E-state index contributed by atoms with van der Waals surface area (Å²) in [7, 11) is 0.